The van der Waals surface area contributed by atoms with Gasteiger partial charge in [0.2, 0.25) is 11.8 Å². The molecule has 0 aliphatic heterocycles. The molecular formula is C30H39IN2O5. The highest BCUT2D eigenvalue weighted by Crippen LogP contribution is 2.31. The molecule has 0 spiro atoms. The molecule has 38 heavy (non-hydrogen) atoms. The zero-order chi connectivity index (χ0) is 27.3. The summed E-state index contributed by atoms with van der Waals surface area (Å²) < 4.78 is 7.10. The van der Waals surface area contributed by atoms with Crippen molar-refractivity contribution >= 4 is 34.4 Å². The molecule has 0 radical (unpaired) electrons. The summed E-state index contributed by atoms with van der Waals surface area (Å²) in [7, 11) is 0. The maximum Gasteiger partial charge on any atom is 0.247 e. The first-order valence-corrected chi connectivity index (χ1v) is 14.5. The van der Waals surface area contributed by atoms with E-state index in [0.717, 1.165) is 41.2 Å². The molecule has 0 fully saturated rings. The molecule has 0 unspecified atom stereocenters. The van der Waals surface area contributed by atoms with Gasteiger partial charge in [-0.2, -0.15) is 0 Å². The van der Waals surface area contributed by atoms with Crippen LogP contribution in [0.4, 0.5) is 0 Å². The number of ether oxygens (including phenoxy) is 1. The van der Waals surface area contributed by atoms with Crippen LogP contribution in [0.25, 0.3) is 0 Å². The second kappa shape index (κ2) is 15.9. The van der Waals surface area contributed by atoms with Gasteiger partial charge in [-0.25, -0.2) is 0 Å². The van der Waals surface area contributed by atoms with Gasteiger partial charge in [0.15, 0.2) is 0 Å². The number of hydrogen-bond donors (Lipinski definition) is 3. The Labute approximate surface area is 239 Å². The predicted octanol–water partition coefficient (Wildman–Crippen LogP) is 4.60. The number of nitrogens with zero attached hydrogens (tertiary/aromatic N) is 1. The number of aliphatic hydroxyl groups is 2. The van der Waals surface area contributed by atoms with Crippen LogP contribution in [0.1, 0.15) is 57.4 Å². The average molecular weight is 635 g/mol. The van der Waals surface area contributed by atoms with Crippen LogP contribution in [0, 0.1) is 3.57 Å². The minimum absolute atomic E-state index is 0.0422. The van der Waals surface area contributed by atoms with E-state index >= 15 is 0 Å². The fraction of sp³-hybridized carbons (Fsp3) is 0.467. The van der Waals surface area contributed by atoms with Crippen LogP contribution < -0.4 is 10.1 Å². The third kappa shape index (κ3) is 8.81. The Kier molecular flexibility index (Phi) is 12.6. The molecule has 2 amide bonds. The lowest BCUT2D eigenvalue weighted by molar-refractivity contribution is -0.139. The Hall–Kier alpha value is -2.43. The zero-order valence-electron chi connectivity index (χ0n) is 22.0. The number of para-hydroxylation sites is 1. The monoisotopic (exact) mass is 634 g/mol. The summed E-state index contributed by atoms with van der Waals surface area (Å²) in [6.45, 7) is 2.44. The molecule has 8 heteroatoms. The number of hydrogen-bond acceptors (Lipinski definition) is 5. The largest absolute Gasteiger partial charge is 0.482 e. The first kappa shape index (κ1) is 30.1. The molecule has 1 aliphatic carbocycles. The third-order valence-corrected chi connectivity index (χ3v) is 7.62. The van der Waals surface area contributed by atoms with Crippen molar-refractivity contribution in [3.63, 3.8) is 0 Å². The highest BCUT2D eigenvalue weighted by atomic mass is 127. The second-order valence-corrected chi connectivity index (χ2v) is 10.8. The van der Waals surface area contributed by atoms with Crippen LogP contribution >= 0.6 is 22.6 Å². The van der Waals surface area contributed by atoms with Crippen molar-refractivity contribution < 1.29 is 24.5 Å². The molecule has 0 aromatic heterocycles. The lowest BCUT2D eigenvalue weighted by Gasteiger charge is -2.40. The molecule has 3 rings (SSSR count). The summed E-state index contributed by atoms with van der Waals surface area (Å²) in [6.07, 6.45) is 5.52. The molecular weight excluding hydrogens is 595 g/mol. The number of carbonyl (C=O) groups is 2. The van der Waals surface area contributed by atoms with E-state index in [-0.39, 0.29) is 31.4 Å². The Balaban J connectivity index is 1.89. The van der Waals surface area contributed by atoms with E-state index in [1.807, 2.05) is 54.6 Å². The molecule has 0 heterocycles. The molecule has 0 saturated heterocycles. The van der Waals surface area contributed by atoms with Crippen molar-refractivity contribution in [3.05, 3.63) is 75.4 Å². The van der Waals surface area contributed by atoms with Gasteiger partial charge in [-0.05, 0) is 52.8 Å². The van der Waals surface area contributed by atoms with Crippen molar-refractivity contribution in [1.29, 1.82) is 0 Å². The SMILES string of the molecule is CCCCCCCC(=O)N(Cc1ccccc1)[C@@H]1CC(C(=O)NCCO)=C[C@H](Oc2ccccc2I)[C@H]1O. The number of rotatable bonds is 14. The highest BCUT2D eigenvalue weighted by Gasteiger charge is 2.40. The molecule has 206 valence electrons. The van der Waals surface area contributed by atoms with E-state index in [4.69, 9.17) is 4.74 Å². The summed E-state index contributed by atoms with van der Waals surface area (Å²) in [5.74, 6) is 0.222. The van der Waals surface area contributed by atoms with Crippen LogP contribution in [0.2, 0.25) is 0 Å². The first-order chi connectivity index (χ1) is 18.4. The first-order valence-electron chi connectivity index (χ1n) is 13.5. The van der Waals surface area contributed by atoms with Crippen LogP contribution in [0.15, 0.2) is 66.2 Å². The summed E-state index contributed by atoms with van der Waals surface area (Å²) in [6, 6.07) is 16.5. The van der Waals surface area contributed by atoms with E-state index in [0.29, 0.717) is 24.3 Å². The number of unbranched alkanes of at least 4 members (excludes halogenated alkanes) is 4. The van der Waals surface area contributed by atoms with Crippen LogP contribution in [0.3, 0.4) is 0 Å². The van der Waals surface area contributed by atoms with Crippen LogP contribution in [-0.4, -0.2) is 58.3 Å². The maximum absolute atomic E-state index is 13.6. The second-order valence-electron chi connectivity index (χ2n) is 9.62. The summed E-state index contributed by atoms with van der Waals surface area (Å²) >= 11 is 2.17. The number of amides is 2. The smallest absolute Gasteiger partial charge is 0.247 e. The Morgan fingerprint density at radius 3 is 2.47 bits per heavy atom. The lowest BCUT2D eigenvalue weighted by atomic mass is 9.87. The van der Waals surface area contributed by atoms with Gasteiger partial charge in [-0.15, -0.1) is 0 Å². The lowest BCUT2D eigenvalue weighted by Crippen LogP contribution is -2.54. The van der Waals surface area contributed by atoms with E-state index in [9.17, 15) is 19.8 Å². The highest BCUT2D eigenvalue weighted by molar-refractivity contribution is 14.1. The summed E-state index contributed by atoms with van der Waals surface area (Å²) in [4.78, 5) is 28.3. The maximum atomic E-state index is 13.6. The summed E-state index contributed by atoms with van der Waals surface area (Å²) in [5, 5.41) is 23.5. The van der Waals surface area contributed by atoms with Crippen LogP contribution in [-0.2, 0) is 16.1 Å². The normalized spacial score (nSPS) is 18.9. The van der Waals surface area contributed by atoms with E-state index in [1.54, 1.807) is 11.0 Å². The minimum atomic E-state index is -1.03. The quantitative estimate of drug-likeness (QED) is 0.209. The number of benzene rings is 2. The summed E-state index contributed by atoms with van der Waals surface area (Å²) in [5.41, 5.74) is 1.38. The van der Waals surface area contributed by atoms with Crippen molar-refractivity contribution in [2.24, 2.45) is 0 Å². The predicted molar refractivity (Wildman–Crippen MR) is 157 cm³/mol. The van der Waals surface area contributed by atoms with Gasteiger partial charge in [0.1, 0.15) is 18.0 Å². The van der Waals surface area contributed by atoms with E-state index in [2.05, 4.69) is 34.8 Å². The Morgan fingerprint density at radius 1 is 1.05 bits per heavy atom. The standard InChI is InChI=1S/C30H39IN2O5/c1-2-3-4-5-9-16-28(35)33(21-22-12-7-6-8-13-22)25-19-23(30(37)32-17-18-34)20-27(29(25)36)38-26-15-11-10-14-24(26)31/h6-8,10-15,20,25,27,29,34,36H,2-5,9,16-19,21H2,1H3,(H,32,37)/t25-,27+,29+/m1/s1. The number of nitrogens with one attached hydrogen (secondary N) is 1. The topological polar surface area (TPSA) is 99.1 Å². The van der Waals surface area contributed by atoms with Gasteiger partial charge in [0.25, 0.3) is 0 Å². The molecule has 0 bridgehead atoms. The zero-order valence-corrected chi connectivity index (χ0v) is 24.2. The molecule has 7 nitrogen and oxygen atoms in total. The fourth-order valence-corrected chi connectivity index (χ4v) is 5.17. The third-order valence-electron chi connectivity index (χ3n) is 6.72. The molecule has 2 aromatic rings. The van der Waals surface area contributed by atoms with Gasteiger partial charge < -0.3 is 25.2 Å². The van der Waals surface area contributed by atoms with Gasteiger partial charge in [0.05, 0.1) is 16.2 Å². The van der Waals surface area contributed by atoms with Gasteiger partial charge in [0, 0.05) is 31.5 Å². The van der Waals surface area contributed by atoms with Crippen molar-refractivity contribution in [3.8, 4) is 5.75 Å². The molecule has 0 saturated carbocycles. The van der Waals surface area contributed by atoms with Crippen molar-refractivity contribution in [2.75, 3.05) is 13.2 Å². The number of halogens is 1. The van der Waals surface area contributed by atoms with Crippen molar-refractivity contribution in [2.45, 2.75) is 76.7 Å². The Bertz CT molecular complexity index is 1060. The molecule has 3 atom stereocenters. The molecule has 1 aliphatic rings. The van der Waals surface area contributed by atoms with Gasteiger partial charge >= 0.3 is 0 Å². The fourth-order valence-electron chi connectivity index (χ4n) is 4.66. The van der Waals surface area contributed by atoms with Crippen LogP contribution in [0.5, 0.6) is 5.75 Å². The van der Waals surface area contributed by atoms with E-state index < -0.39 is 18.2 Å². The minimum Gasteiger partial charge on any atom is -0.482 e. The van der Waals surface area contributed by atoms with Gasteiger partial charge in [-0.3, -0.25) is 9.59 Å². The van der Waals surface area contributed by atoms with Gasteiger partial charge in [-0.1, -0.05) is 75.1 Å². The molecule has 2 aromatic carbocycles. The van der Waals surface area contributed by atoms with Crippen molar-refractivity contribution in [1.82, 2.24) is 10.2 Å². The van der Waals surface area contributed by atoms with E-state index in [1.165, 1.54) is 0 Å². The molecule has 3 N–H and O–H groups in total. The number of aliphatic hydroxyl groups excluding tert-OH is 2. The number of carbonyl (C=O) groups excluding carboxylic acids is 2. The average Bonchev–Trinajstić information content (AvgIpc) is 2.93. The Morgan fingerprint density at radius 2 is 1.76 bits per heavy atom.